The molecular formula is C20H20BrF2N3O2. The van der Waals surface area contributed by atoms with Gasteiger partial charge in [0.2, 0.25) is 5.91 Å². The zero-order valence-corrected chi connectivity index (χ0v) is 16.7. The van der Waals surface area contributed by atoms with Crippen molar-refractivity contribution >= 4 is 27.7 Å². The number of amides is 2. The Kier molecular flexibility index (Phi) is 6.74. The van der Waals surface area contributed by atoms with Gasteiger partial charge in [0.05, 0.1) is 0 Å². The molecule has 28 heavy (non-hydrogen) atoms. The van der Waals surface area contributed by atoms with Gasteiger partial charge in [-0.1, -0.05) is 28.1 Å². The summed E-state index contributed by atoms with van der Waals surface area (Å²) in [4.78, 5) is 28.7. The largest absolute Gasteiger partial charge is 0.339 e. The molecule has 1 heterocycles. The normalized spacial score (nSPS) is 14.0. The zero-order valence-electron chi connectivity index (χ0n) is 15.1. The van der Waals surface area contributed by atoms with Crippen LogP contribution in [0.5, 0.6) is 0 Å². The molecule has 2 amide bonds. The first-order chi connectivity index (χ1) is 13.4. The molecule has 0 unspecified atom stereocenters. The van der Waals surface area contributed by atoms with Gasteiger partial charge in [0.25, 0.3) is 5.91 Å². The first-order valence-corrected chi connectivity index (χ1v) is 9.70. The molecule has 0 spiro atoms. The summed E-state index contributed by atoms with van der Waals surface area (Å²) in [7, 11) is 0. The van der Waals surface area contributed by atoms with Crippen LogP contribution in [0, 0.1) is 11.6 Å². The lowest BCUT2D eigenvalue weighted by Gasteiger charge is -2.30. The number of nitrogens with one attached hydrogen (secondary N) is 1. The predicted molar refractivity (Wildman–Crippen MR) is 105 cm³/mol. The van der Waals surface area contributed by atoms with Crippen molar-refractivity contribution in [2.45, 2.75) is 6.54 Å². The fourth-order valence-electron chi connectivity index (χ4n) is 3.00. The molecular weight excluding hydrogens is 432 g/mol. The fourth-order valence-corrected chi connectivity index (χ4v) is 3.26. The lowest BCUT2D eigenvalue weighted by atomic mass is 10.1. The van der Waals surface area contributed by atoms with Crippen molar-refractivity contribution in [1.29, 1.82) is 0 Å². The molecule has 1 fully saturated rings. The number of piperazine rings is 1. The Morgan fingerprint density at radius 3 is 2.36 bits per heavy atom. The topological polar surface area (TPSA) is 52.7 Å². The molecule has 0 aliphatic carbocycles. The van der Waals surface area contributed by atoms with Gasteiger partial charge in [0, 0.05) is 42.8 Å². The van der Waals surface area contributed by atoms with Gasteiger partial charge in [-0.05, 0) is 35.9 Å². The highest BCUT2D eigenvalue weighted by Crippen LogP contribution is 2.16. The minimum Gasteiger partial charge on any atom is -0.339 e. The third kappa shape index (κ3) is 5.14. The second kappa shape index (κ2) is 9.25. The van der Waals surface area contributed by atoms with Gasteiger partial charge in [0.1, 0.15) is 6.54 Å². The maximum Gasteiger partial charge on any atom is 0.254 e. The molecule has 0 bridgehead atoms. The standard InChI is InChI=1S/C20H20BrF2N3O2/c21-16-4-1-14(2-5-16)12-26(13-19(27)25-9-7-24-8-10-25)20(28)15-3-6-17(22)18(23)11-15/h1-6,11,24H,7-10,12-13H2. The van der Waals surface area contributed by atoms with Gasteiger partial charge in [-0.3, -0.25) is 9.59 Å². The third-order valence-corrected chi connectivity index (χ3v) is 5.06. The molecule has 0 saturated carbocycles. The third-order valence-electron chi connectivity index (χ3n) is 4.54. The molecule has 3 rings (SSSR count). The van der Waals surface area contributed by atoms with Crippen LogP contribution in [-0.2, 0) is 11.3 Å². The van der Waals surface area contributed by atoms with Crippen LogP contribution in [0.2, 0.25) is 0 Å². The van der Waals surface area contributed by atoms with Crippen molar-refractivity contribution in [2.75, 3.05) is 32.7 Å². The van der Waals surface area contributed by atoms with Crippen molar-refractivity contribution < 1.29 is 18.4 Å². The van der Waals surface area contributed by atoms with Crippen molar-refractivity contribution in [1.82, 2.24) is 15.1 Å². The summed E-state index contributed by atoms with van der Waals surface area (Å²) in [5.41, 5.74) is 0.830. The van der Waals surface area contributed by atoms with Gasteiger partial charge in [-0.25, -0.2) is 8.78 Å². The predicted octanol–water partition coefficient (Wildman–Crippen LogP) is 2.80. The van der Waals surface area contributed by atoms with Crippen molar-refractivity contribution in [3.05, 3.63) is 69.7 Å². The molecule has 1 saturated heterocycles. The highest BCUT2D eigenvalue weighted by atomic mass is 79.9. The van der Waals surface area contributed by atoms with Crippen LogP contribution in [0.4, 0.5) is 8.78 Å². The van der Waals surface area contributed by atoms with E-state index in [0.717, 1.165) is 22.2 Å². The minimum atomic E-state index is -1.09. The summed E-state index contributed by atoms with van der Waals surface area (Å²) in [6.45, 7) is 2.61. The number of rotatable bonds is 5. The maximum absolute atomic E-state index is 13.6. The van der Waals surface area contributed by atoms with Crippen LogP contribution in [-0.4, -0.2) is 54.3 Å². The molecule has 0 radical (unpaired) electrons. The van der Waals surface area contributed by atoms with Gasteiger partial charge < -0.3 is 15.1 Å². The summed E-state index contributed by atoms with van der Waals surface area (Å²) in [6, 6.07) is 10.4. The summed E-state index contributed by atoms with van der Waals surface area (Å²) in [5, 5.41) is 3.17. The molecule has 2 aromatic carbocycles. The first-order valence-electron chi connectivity index (χ1n) is 8.91. The fraction of sp³-hybridized carbons (Fsp3) is 0.300. The van der Waals surface area contributed by atoms with Gasteiger partial charge in [-0.2, -0.15) is 0 Å². The number of halogens is 3. The molecule has 1 aliphatic heterocycles. The Morgan fingerprint density at radius 2 is 1.71 bits per heavy atom. The highest BCUT2D eigenvalue weighted by molar-refractivity contribution is 9.10. The minimum absolute atomic E-state index is 0.00382. The van der Waals surface area contributed by atoms with E-state index in [4.69, 9.17) is 0 Å². The molecule has 1 aliphatic rings. The number of carbonyl (C=O) groups excluding carboxylic acids is 2. The van der Waals surface area contributed by atoms with E-state index in [1.54, 1.807) is 4.90 Å². The summed E-state index contributed by atoms with van der Waals surface area (Å²) in [5.74, 6) is -2.81. The highest BCUT2D eigenvalue weighted by Gasteiger charge is 2.24. The molecule has 0 aromatic heterocycles. The van der Waals surface area contributed by atoms with E-state index in [0.29, 0.717) is 26.2 Å². The molecule has 2 aromatic rings. The Labute approximate surface area is 170 Å². The average molecular weight is 452 g/mol. The lowest BCUT2D eigenvalue weighted by molar-refractivity contribution is -0.132. The van der Waals surface area contributed by atoms with Gasteiger partial charge in [0.15, 0.2) is 11.6 Å². The SMILES string of the molecule is O=C(CN(Cc1ccc(Br)cc1)C(=O)c1ccc(F)c(F)c1)N1CCNCC1. The van der Waals surface area contributed by atoms with Crippen LogP contribution < -0.4 is 5.32 Å². The van der Waals surface area contributed by atoms with E-state index >= 15 is 0 Å². The summed E-state index contributed by atoms with van der Waals surface area (Å²) < 4.78 is 27.7. The Morgan fingerprint density at radius 1 is 1.04 bits per heavy atom. The average Bonchev–Trinajstić information content (AvgIpc) is 2.71. The van der Waals surface area contributed by atoms with E-state index in [9.17, 15) is 18.4 Å². The zero-order chi connectivity index (χ0) is 20.1. The Hall–Kier alpha value is -2.32. The first kappa shape index (κ1) is 20.4. The molecule has 8 heteroatoms. The van der Waals surface area contributed by atoms with Crippen LogP contribution in [0.1, 0.15) is 15.9 Å². The Bertz CT molecular complexity index is 855. The van der Waals surface area contributed by atoms with Crippen molar-refractivity contribution in [3.8, 4) is 0 Å². The Balaban J connectivity index is 1.81. The molecule has 0 atom stereocenters. The summed E-state index contributed by atoms with van der Waals surface area (Å²) in [6.07, 6.45) is 0. The molecule has 5 nitrogen and oxygen atoms in total. The second-order valence-corrected chi connectivity index (χ2v) is 7.46. The monoisotopic (exact) mass is 451 g/mol. The van der Waals surface area contributed by atoms with E-state index < -0.39 is 17.5 Å². The molecule has 1 N–H and O–H groups in total. The van der Waals surface area contributed by atoms with Crippen molar-refractivity contribution in [3.63, 3.8) is 0 Å². The quantitative estimate of drug-likeness (QED) is 0.760. The van der Waals surface area contributed by atoms with Crippen LogP contribution >= 0.6 is 15.9 Å². The number of carbonyl (C=O) groups is 2. The van der Waals surface area contributed by atoms with E-state index in [1.165, 1.54) is 11.0 Å². The summed E-state index contributed by atoms with van der Waals surface area (Å²) >= 11 is 3.36. The second-order valence-electron chi connectivity index (χ2n) is 6.55. The smallest absolute Gasteiger partial charge is 0.254 e. The van der Waals surface area contributed by atoms with Gasteiger partial charge >= 0.3 is 0 Å². The lowest BCUT2D eigenvalue weighted by Crippen LogP contribution is -2.50. The van der Waals surface area contributed by atoms with Crippen LogP contribution in [0.25, 0.3) is 0 Å². The van der Waals surface area contributed by atoms with Crippen LogP contribution in [0.15, 0.2) is 46.9 Å². The number of nitrogens with zero attached hydrogens (tertiary/aromatic N) is 2. The van der Waals surface area contributed by atoms with Crippen LogP contribution in [0.3, 0.4) is 0 Å². The van der Waals surface area contributed by atoms with E-state index in [2.05, 4.69) is 21.2 Å². The van der Waals surface area contributed by atoms with E-state index in [-0.39, 0.29) is 24.6 Å². The van der Waals surface area contributed by atoms with E-state index in [1.807, 2.05) is 24.3 Å². The number of hydrogen-bond donors (Lipinski definition) is 1. The number of hydrogen-bond acceptors (Lipinski definition) is 3. The molecule has 148 valence electrons. The van der Waals surface area contributed by atoms with Crippen molar-refractivity contribution in [2.24, 2.45) is 0 Å². The number of benzene rings is 2. The van der Waals surface area contributed by atoms with Gasteiger partial charge in [-0.15, -0.1) is 0 Å². The maximum atomic E-state index is 13.6.